The molecule has 3 rings (SSSR count). The molecule has 0 bridgehead atoms. The van der Waals surface area contributed by atoms with Crippen LogP contribution in [-0.2, 0) is 29.1 Å². The van der Waals surface area contributed by atoms with Crippen molar-refractivity contribution in [3.05, 3.63) is 12.2 Å². The molecule has 1 aliphatic carbocycles. The van der Waals surface area contributed by atoms with Gasteiger partial charge in [-0.25, -0.2) is 13.2 Å². The average molecular weight is 555 g/mol. The van der Waals surface area contributed by atoms with Crippen LogP contribution in [-0.4, -0.2) is 73.2 Å². The quantitative estimate of drug-likeness (QED) is 0.440. The molecule has 2 aliphatic heterocycles. The summed E-state index contributed by atoms with van der Waals surface area (Å²) in [6.07, 6.45) is 8.90. The molecule has 12 heteroatoms. The molecule has 0 spiro atoms. The van der Waals surface area contributed by atoms with Crippen LogP contribution in [0.3, 0.4) is 0 Å². The molecule has 3 N–H and O–H groups in total. The highest BCUT2D eigenvalue weighted by molar-refractivity contribution is 7.90. The molecule has 1 saturated carbocycles. The second kappa shape index (κ2) is 12.9. The summed E-state index contributed by atoms with van der Waals surface area (Å²) in [6.45, 7) is 5.81. The molecule has 214 valence electrons. The van der Waals surface area contributed by atoms with E-state index >= 15 is 0 Å². The molecule has 0 aromatic rings. The Morgan fingerprint density at radius 3 is 2.50 bits per heavy atom. The number of fused-ring (bicyclic) bond motifs is 1. The standard InChI is InChI=1S/C26H42N4O7S/c1-26(2,3)37-25(34)28-20-11-8-6-4-5-7-10-18(16-22(31)29-38(35,36)19-13-14-19)17-27-23(32)21-12-9-15-30(21)24(20)33/h7,10,18-21H,4-6,8-9,11-17H2,1-3H3,(H,27,32)(H,28,34)(H,29,31)/b10-7-/t18-,20-,21-/m0/s1. The molecule has 0 radical (unpaired) electrons. The fourth-order valence-corrected chi connectivity index (χ4v) is 6.07. The summed E-state index contributed by atoms with van der Waals surface area (Å²) in [4.78, 5) is 53.0. The molecule has 4 amide bonds. The minimum absolute atomic E-state index is 0.0715. The van der Waals surface area contributed by atoms with Gasteiger partial charge in [0, 0.05) is 25.4 Å². The molecular formula is C26H42N4O7S. The predicted molar refractivity (Wildman–Crippen MR) is 141 cm³/mol. The van der Waals surface area contributed by atoms with Crippen molar-refractivity contribution in [3.63, 3.8) is 0 Å². The van der Waals surface area contributed by atoms with Crippen LogP contribution >= 0.6 is 0 Å². The zero-order valence-corrected chi connectivity index (χ0v) is 23.5. The minimum Gasteiger partial charge on any atom is -0.444 e. The zero-order chi connectivity index (χ0) is 27.9. The lowest BCUT2D eigenvalue weighted by Crippen LogP contribution is -2.54. The maximum absolute atomic E-state index is 13.5. The minimum atomic E-state index is -3.64. The van der Waals surface area contributed by atoms with E-state index in [-0.39, 0.29) is 30.7 Å². The van der Waals surface area contributed by atoms with Crippen LogP contribution in [0.4, 0.5) is 4.79 Å². The van der Waals surface area contributed by atoms with Gasteiger partial charge in [-0.05, 0) is 65.7 Å². The van der Waals surface area contributed by atoms with Gasteiger partial charge in [0.1, 0.15) is 17.7 Å². The van der Waals surface area contributed by atoms with Crippen LogP contribution < -0.4 is 15.4 Å². The van der Waals surface area contributed by atoms with Crippen molar-refractivity contribution in [3.8, 4) is 0 Å². The highest BCUT2D eigenvalue weighted by Crippen LogP contribution is 2.27. The van der Waals surface area contributed by atoms with E-state index in [2.05, 4.69) is 15.4 Å². The number of alkyl carbamates (subject to hydrolysis) is 1. The van der Waals surface area contributed by atoms with Crippen LogP contribution in [0.15, 0.2) is 12.2 Å². The van der Waals surface area contributed by atoms with Crippen molar-refractivity contribution < 1.29 is 32.3 Å². The SMILES string of the molecule is CC(C)(C)OC(=O)N[C@H]1CCCCC/C=C\[C@@H](CC(=O)NS(=O)(=O)C2CC2)CNC(=O)[C@@H]2CCCN2C1=O. The second-order valence-electron chi connectivity index (χ2n) is 11.4. The van der Waals surface area contributed by atoms with Gasteiger partial charge in [0.2, 0.25) is 27.7 Å². The van der Waals surface area contributed by atoms with E-state index in [1.807, 2.05) is 12.2 Å². The summed E-state index contributed by atoms with van der Waals surface area (Å²) in [5, 5.41) is 5.08. The van der Waals surface area contributed by atoms with Gasteiger partial charge in [-0.1, -0.05) is 25.0 Å². The first-order valence-corrected chi connectivity index (χ1v) is 15.2. The highest BCUT2D eigenvalue weighted by atomic mass is 32.2. The summed E-state index contributed by atoms with van der Waals surface area (Å²) < 4.78 is 31.8. The van der Waals surface area contributed by atoms with Crippen LogP contribution in [0, 0.1) is 5.92 Å². The lowest BCUT2D eigenvalue weighted by molar-refractivity contribution is -0.140. The van der Waals surface area contributed by atoms with Gasteiger partial charge in [0.15, 0.2) is 0 Å². The maximum Gasteiger partial charge on any atom is 0.408 e. The van der Waals surface area contributed by atoms with Crippen molar-refractivity contribution in [2.24, 2.45) is 5.92 Å². The number of hydrogen-bond donors (Lipinski definition) is 3. The smallest absolute Gasteiger partial charge is 0.408 e. The summed E-state index contributed by atoms with van der Waals surface area (Å²) in [7, 11) is -3.64. The number of nitrogens with one attached hydrogen (secondary N) is 3. The Morgan fingerprint density at radius 1 is 1.08 bits per heavy atom. The third-order valence-electron chi connectivity index (χ3n) is 6.80. The van der Waals surface area contributed by atoms with Gasteiger partial charge in [-0.15, -0.1) is 0 Å². The predicted octanol–water partition coefficient (Wildman–Crippen LogP) is 2.12. The van der Waals surface area contributed by atoms with Crippen LogP contribution in [0.1, 0.15) is 85.0 Å². The van der Waals surface area contributed by atoms with Gasteiger partial charge >= 0.3 is 6.09 Å². The molecule has 3 atom stereocenters. The molecule has 0 aromatic heterocycles. The van der Waals surface area contributed by atoms with Crippen molar-refractivity contribution >= 4 is 33.8 Å². The Labute approximate surface area is 225 Å². The molecule has 38 heavy (non-hydrogen) atoms. The molecule has 3 aliphatic rings. The Kier molecular flexibility index (Phi) is 10.2. The van der Waals surface area contributed by atoms with E-state index in [4.69, 9.17) is 4.74 Å². The number of nitrogens with zero attached hydrogens (tertiary/aromatic N) is 1. The zero-order valence-electron chi connectivity index (χ0n) is 22.7. The van der Waals surface area contributed by atoms with E-state index in [1.54, 1.807) is 20.8 Å². The number of sulfonamides is 1. The number of amides is 4. The number of carbonyl (C=O) groups excluding carboxylic acids is 4. The largest absolute Gasteiger partial charge is 0.444 e. The first-order chi connectivity index (χ1) is 17.9. The molecule has 11 nitrogen and oxygen atoms in total. The van der Waals surface area contributed by atoms with Crippen molar-refractivity contribution in [1.82, 2.24) is 20.3 Å². The number of hydrogen-bond acceptors (Lipinski definition) is 7. The summed E-state index contributed by atoms with van der Waals surface area (Å²) in [5.41, 5.74) is -0.704. The van der Waals surface area contributed by atoms with E-state index < -0.39 is 45.0 Å². The van der Waals surface area contributed by atoms with E-state index in [0.717, 1.165) is 19.3 Å². The van der Waals surface area contributed by atoms with Crippen LogP contribution in [0.5, 0.6) is 0 Å². The first kappa shape index (κ1) is 29.9. The van der Waals surface area contributed by atoms with Crippen molar-refractivity contribution in [2.75, 3.05) is 13.1 Å². The van der Waals surface area contributed by atoms with Gasteiger partial charge in [0.05, 0.1) is 5.25 Å². The molecule has 0 unspecified atom stereocenters. The molecule has 1 saturated heterocycles. The van der Waals surface area contributed by atoms with Crippen LogP contribution in [0.25, 0.3) is 0 Å². The molecule has 0 aromatic carbocycles. The number of rotatable bonds is 5. The number of ether oxygens (including phenoxy) is 1. The fraction of sp³-hybridized carbons (Fsp3) is 0.769. The topological polar surface area (TPSA) is 151 Å². The van der Waals surface area contributed by atoms with E-state index in [9.17, 15) is 27.6 Å². The highest BCUT2D eigenvalue weighted by Gasteiger charge is 2.39. The molecule has 2 fully saturated rings. The van der Waals surface area contributed by atoms with Gasteiger partial charge < -0.3 is 20.3 Å². The monoisotopic (exact) mass is 554 g/mol. The normalized spacial score (nSPS) is 26.8. The van der Waals surface area contributed by atoms with Gasteiger partial charge in [0.25, 0.3) is 0 Å². The Bertz CT molecular complexity index is 1020. The number of allylic oxidation sites excluding steroid dienone is 1. The summed E-state index contributed by atoms with van der Waals surface area (Å²) in [5.74, 6) is -1.60. The number of carbonyl (C=O) groups is 4. The summed E-state index contributed by atoms with van der Waals surface area (Å²) >= 11 is 0. The van der Waals surface area contributed by atoms with E-state index in [1.165, 1.54) is 4.90 Å². The lowest BCUT2D eigenvalue weighted by atomic mass is 10.0. The first-order valence-electron chi connectivity index (χ1n) is 13.6. The van der Waals surface area contributed by atoms with Crippen molar-refractivity contribution in [1.29, 1.82) is 0 Å². The van der Waals surface area contributed by atoms with Gasteiger partial charge in [-0.2, -0.15) is 0 Å². The fourth-order valence-electron chi connectivity index (χ4n) is 4.74. The molecular weight excluding hydrogens is 512 g/mol. The third kappa shape index (κ3) is 9.28. The lowest BCUT2D eigenvalue weighted by Gasteiger charge is -2.29. The second-order valence-corrected chi connectivity index (χ2v) is 13.4. The summed E-state index contributed by atoms with van der Waals surface area (Å²) in [6, 6.07) is -1.46. The van der Waals surface area contributed by atoms with Crippen molar-refractivity contribution in [2.45, 2.75) is 108 Å². The van der Waals surface area contributed by atoms with E-state index in [0.29, 0.717) is 45.1 Å². The van der Waals surface area contributed by atoms with Crippen LogP contribution in [0.2, 0.25) is 0 Å². The Balaban J connectivity index is 1.68. The molecule has 2 heterocycles. The maximum atomic E-state index is 13.5. The average Bonchev–Trinajstić information content (AvgIpc) is 3.56. The Hall–Kier alpha value is -2.63. The van der Waals surface area contributed by atoms with Gasteiger partial charge in [-0.3, -0.25) is 19.1 Å². The Morgan fingerprint density at radius 2 is 1.82 bits per heavy atom. The third-order valence-corrected chi connectivity index (χ3v) is 8.67.